The molecule has 1 atom stereocenters. The van der Waals surface area contributed by atoms with Crippen molar-refractivity contribution in [2.45, 2.75) is 24.8 Å². The molecule has 6 heteroatoms. The number of pyridine rings is 1. The van der Waals surface area contributed by atoms with E-state index in [9.17, 15) is 4.79 Å². The lowest BCUT2D eigenvalue weighted by Gasteiger charge is -2.36. The minimum Gasteiger partial charge on any atom is -0.324 e. The van der Waals surface area contributed by atoms with Gasteiger partial charge in [-0.1, -0.05) is 54.6 Å². The number of hydrogen-bond acceptors (Lipinski definition) is 4. The molecule has 1 saturated heterocycles. The lowest BCUT2D eigenvalue weighted by atomic mass is 9.93. The van der Waals surface area contributed by atoms with Crippen LogP contribution in [0.2, 0.25) is 0 Å². The number of carbonyl (C=O) groups is 1. The Morgan fingerprint density at radius 2 is 1.55 bits per heavy atom. The van der Waals surface area contributed by atoms with E-state index in [0.29, 0.717) is 5.92 Å². The fourth-order valence-electron chi connectivity index (χ4n) is 4.45. The monoisotopic (exact) mass is 411 g/mol. The number of rotatable bonds is 5. The van der Waals surface area contributed by atoms with Crippen molar-refractivity contribution in [3.05, 3.63) is 96.4 Å². The molecule has 0 saturated carbocycles. The highest BCUT2D eigenvalue weighted by molar-refractivity contribution is 5.95. The Bertz CT molecular complexity index is 1150. The summed E-state index contributed by atoms with van der Waals surface area (Å²) in [6.07, 6.45) is 3.91. The molecule has 1 N–H and O–H groups in total. The maximum atomic E-state index is 13.3. The highest BCUT2D eigenvalue weighted by atomic mass is 16.2. The first-order chi connectivity index (χ1) is 15.3. The van der Waals surface area contributed by atoms with Gasteiger partial charge in [-0.05, 0) is 55.8 Å². The van der Waals surface area contributed by atoms with Gasteiger partial charge in [-0.3, -0.25) is 14.1 Å². The molecule has 156 valence electrons. The summed E-state index contributed by atoms with van der Waals surface area (Å²) in [7, 11) is 0. The number of nitrogens with zero attached hydrogens (tertiary/aromatic N) is 4. The second-order valence-corrected chi connectivity index (χ2v) is 7.97. The fourth-order valence-corrected chi connectivity index (χ4v) is 4.45. The summed E-state index contributed by atoms with van der Waals surface area (Å²) in [5.41, 5.74) is 2.71. The van der Waals surface area contributed by atoms with Crippen LogP contribution in [0, 0.1) is 0 Å². The van der Waals surface area contributed by atoms with E-state index >= 15 is 0 Å². The Balaban J connectivity index is 1.35. The number of nitrogens with one attached hydrogen (secondary N) is 1. The molecule has 1 aliphatic rings. The van der Waals surface area contributed by atoms with Gasteiger partial charge in [0.15, 0.2) is 5.65 Å². The van der Waals surface area contributed by atoms with E-state index < -0.39 is 0 Å². The van der Waals surface area contributed by atoms with Gasteiger partial charge >= 0.3 is 0 Å². The van der Waals surface area contributed by atoms with Crippen LogP contribution in [0.15, 0.2) is 85.1 Å². The van der Waals surface area contributed by atoms with Crippen molar-refractivity contribution < 1.29 is 4.79 Å². The third kappa shape index (κ3) is 4.07. The quantitative estimate of drug-likeness (QED) is 0.532. The SMILES string of the molecule is O=C(Nc1ccccc1)C(c1ccccc1)N1CCC(c2nnc3ccccn23)CC1. The van der Waals surface area contributed by atoms with Gasteiger partial charge in [0, 0.05) is 17.8 Å². The van der Waals surface area contributed by atoms with Gasteiger partial charge in [-0.25, -0.2) is 0 Å². The van der Waals surface area contributed by atoms with Crippen LogP contribution in [-0.4, -0.2) is 38.5 Å². The third-order valence-electron chi connectivity index (χ3n) is 6.00. The Labute approximate surface area is 181 Å². The number of piperidine rings is 1. The Morgan fingerprint density at radius 3 is 2.29 bits per heavy atom. The highest BCUT2D eigenvalue weighted by Crippen LogP contribution is 2.32. The van der Waals surface area contributed by atoms with E-state index in [0.717, 1.165) is 48.7 Å². The van der Waals surface area contributed by atoms with Crippen molar-refractivity contribution >= 4 is 17.2 Å². The van der Waals surface area contributed by atoms with Crippen LogP contribution >= 0.6 is 0 Å². The van der Waals surface area contributed by atoms with Gasteiger partial charge in [0.1, 0.15) is 11.9 Å². The van der Waals surface area contributed by atoms with Crippen molar-refractivity contribution in [1.29, 1.82) is 0 Å². The smallest absolute Gasteiger partial charge is 0.246 e. The summed E-state index contributed by atoms with van der Waals surface area (Å²) in [5.74, 6) is 1.35. The Hall–Kier alpha value is -3.51. The topological polar surface area (TPSA) is 62.5 Å². The molecule has 0 spiro atoms. The highest BCUT2D eigenvalue weighted by Gasteiger charge is 2.32. The summed E-state index contributed by atoms with van der Waals surface area (Å²) in [5, 5.41) is 11.9. The molecule has 0 radical (unpaired) electrons. The molecule has 1 amide bonds. The largest absolute Gasteiger partial charge is 0.324 e. The minimum atomic E-state index is -0.322. The fraction of sp³-hybridized carbons (Fsp3) is 0.240. The maximum absolute atomic E-state index is 13.3. The van der Waals surface area contributed by atoms with Gasteiger partial charge in [0.05, 0.1) is 0 Å². The summed E-state index contributed by atoms with van der Waals surface area (Å²) >= 11 is 0. The second-order valence-electron chi connectivity index (χ2n) is 7.97. The number of carbonyl (C=O) groups excluding carboxylic acids is 1. The first-order valence-electron chi connectivity index (χ1n) is 10.7. The standard InChI is InChI=1S/C25H25N5O/c31-25(26-21-11-5-2-6-12-21)23(19-9-3-1-4-10-19)29-17-14-20(15-18-29)24-28-27-22-13-7-8-16-30(22)24/h1-13,16,20,23H,14-15,17-18H2,(H,26,31). The molecule has 31 heavy (non-hydrogen) atoms. The zero-order valence-electron chi connectivity index (χ0n) is 17.3. The number of fused-ring (bicyclic) bond motifs is 1. The number of anilines is 1. The first-order valence-corrected chi connectivity index (χ1v) is 10.7. The molecule has 2 aromatic carbocycles. The summed E-state index contributed by atoms with van der Waals surface area (Å²) < 4.78 is 2.08. The van der Waals surface area contributed by atoms with E-state index in [2.05, 4.69) is 24.8 Å². The third-order valence-corrected chi connectivity index (χ3v) is 6.00. The number of hydrogen-bond donors (Lipinski definition) is 1. The van der Waals surface area contributed by atoms with Crippen LogP contribution in [0.5, 0.6) is 0 Å². The van der Waals surface area contributed by atoms with E-state index in [1.54, 1.807) is 0 Å². The van der Waals surface area contributed by atoms with E-state index in [4.69, 9.17) is 0 Å². The van der Waals surface area contributed by atoms with Crippen molar-refractivity contribution in [3.8, 4) is 0 Å². The molecule has 1 unspecified atom stereocenters. The molecule has 1 aliphatic heterocycles. The number of amides is 1. The lowest BCUT2D eigenvalue weighted by Crippen LogP contribution is -2.42. The zero-order valence-corrected chi connectivity index (χ0v) is 17.3. The molecule has 2 aromatic heterocycles. The van der Waals surface area contributed by atoms with Crippen LogP contribution in [0.3, 0.4) is 0 Å². The predicted molar refractivity (Wildman–Crippen MR) is 121 cm³/mol. The van der Waals surface area contributed by atoms with Crippen LogP contribution in [0.4, 0.5) is 5.69 Å². The predicted octanol–water partition coefficient (Wildman–Crippen LogP) is 4.29. The second kappa shape index (κ2) is 8.70. The van der Waals surface area contributed by atoms with Crippen LogP contribution in [0.1, 0.15) is 36.2 Å². The van der Waals surface area contributed by atoms with Crippen molar-refractivity contribution in [1.82, 2.24) is 19.5 Å². The number of benzene rings is 2. The molecule has 1 fully saturated rings. The van der Waals surface area contributed by atoms with E-state index in [1.807, 2.05) is 85.1 Å². The van der Waals surface area contributed by atoms with Crippen molar-refractivity contribution in [2.24, 2.45) is 0 Å². The van der Waals surface area contributed by atoms with Crippen LogP contribution in [-0.2, 0) is 4.79 Å². The molecule has 0 aliphatic carbocycles. The van der Waals surface area contributed by atoms with Crippen molar-refractivity contribution in [3.63, 3.8) is 0 Å². The summed E-state index contributed by atoms with van der Waals surface area (Å²) in [6, 6.07) is 25.3. The Morgan fingerprint density at radius 1 is 0.871 bits per heavy atom. The summed E-state index contributed by atoms with van der Waals surface area (Å²) in [4.78, 5) is 15.6. The van der Waals surface area contributed by atoms with Crippen LogP contribution < -0.4 is 5.32 Å². The lowest BCUT2D eigenvalue weighted by molar-refractivity contribution is -0.122. The average molecular weight is 412 g/mol. The van der Waals surface area contributed by atoms with E-state index in [1.165, 1.54) is 0 Å². The van der Waals surface area contributed by atoms with Gasteiger partial charge < -0.3 is 5.32 Å². The molecule has 3 heterocycles. The average Bonchev–Trinajstić information content (AvgIpc) is 3.25. The molecule has 5 rings (SSSR count). The minimum absolute atomic E-state index is 0.00350. The van der Waals surface area contributed by atoms with Gasteiger partial charge in [0.25, 0.3) is 0 Å². The molecular formula is C25H25N5O. The molecule has 6 nitrogen and oxygen atoms in total. The van der Waals surface area contributed by atoms with Gasteiger partial charge in [-0.2, -0.15) is 0 Å². The normalized spacial score (nSPS) is 16.3. The number of aromatic nitrogens is 3. The van der Waals surface area contributed by atoms with Gasteiger partial charge in [0.2, 0.25) is 5.91 Å². The molecular weight excluding hydrogens is 386 g/mol. The number of para-hydroxylation sites is 1. The number of likely N-dealkylation sites (tertiary alicyclic amines) is 1. The Kier molecular flexibility index (Phi) is 5.46. The summed E-state index contributed by atoms with van der Waals surface area (Å²) in [6.45, 7) is 1.66. The van der Waals surface area contributed by atoms with E-state index in [-0.39, 0.29) is 11.9 Å². The zero-order chi connectivity index (χ0) is 21.0. The van der Waals surface area contributed by atoms with Crippen molar-refractivity contribution in [2.75, 3.05) is 18.4 Å². The molecule has 0 bridgehead atoms. The first kappa shape index (κ1) is 19.5. The van der Waals surface area contributed by atoms with Crippen LogP contribution in [0.25, 0.3) is 5.65 Å². The maximum Gasteiger partial charge on any atom is 0.246 e. The molecule has 4 aromatic rings. The van der Waals surface area contributed by atoms with Gasteiger partial charge in [-0.15, -0.1) is 10.2 Å².